The van der Waals surface area contributed by atoms with Gasteiger partial charge in [0.15, 0.2) is 0 Å². The number of carbonyl (C=O) groups is 2. The molecule has 2 amide bonds. The minimum atomic E-state index is -0.460. The molecule has 1 aliphatic heterocycles. The number of halogens is 3. The lowest BCUT2D eigenvalue weighted by molar-refractivity contribution is -0.122. The Morgan fingerprint density at radius 3 is 2.58 bits per heavy atom. The van der Waals surface area contributed by atoms with Gasteiger partial charge in [-0.1, -0.05) is 59.9 Å². The number of benzene rings is 2. The second kappa shape index (κ2) is 7.87. The van der Waals surface area contributed by atoms with Crippen LogP contribution < -0.4 is 10.2 Å². The number of carbonyl (C=O) groups excluding carboxylic acids is 2. The number of anilines is 2. The van der Waals surface area contributed by atoms with E-state index in [2.05, 4.69) is 5.32 Å². The summed E-state index contributed by atoms with van der Waals surface area (Å²) in [6.45, 7) is 2.37. The predicted molar refractivity (Wildman–Crippen MR) is 106 cm³/mol. The fourth-order valence-corrected chi connectivity index (χ4v) is 3.64. The molecule has 0 spiro atoms. The molecule has 1 atom stereocenters. The fraction of sp³-hybridized carbons (Fsp3) is 0.263. The second-order valence-electron chi connectivity index (χ2n) is 6.12. The highest BCUT2D eigenvalue weighted by Crippen LogP contribution is 2.34. The zero-order valence-electron chi connectivity index (χ0n) is 14.1. The highest BCUT2D eigenvalue weighted by molar-refractivity contribution is 6.44. The van der Waals surface area contributed by atoms with Gasteiger partial charge in [-0.2, -0.15) is 0 Å². The van der Waals surface area contributed by atoms with Crippen molar-refractivity contribution in [1.29, 1.82) is 0 Å². The van der Waals surface area contributed by atoms with Gasteiger partial charge >= 0.3 is 0 Å². The molecule has 2 aromatic rings. The Kier molecular flexibility index (Phi) is 5.76. The van der Waals surface area contributed by atoms with Crippen molar-refractivity contribution >= 4 is 58.0 Å². The van der Waals surface area contributed by atoms with Gasteiger partial charge in [-0.05, 0) is 30.2 Å². The number of rotatable bonds is 4. The molecule has 4 nitrogen and oxygen atoms in total. The zero-order chi connectivity index (χ0) is 18.8. The second-order valence-corrected chi connectivity index (χ2v) is 7.34. The molecule has 26 heavy (non-hydrogen) atoms. The molecule has 1 unspecified atom stereocenters. The number of amides is 2. The van der Waals surface area contributed by atoms with E-state index < -0.39 is 5.92 Å². The van der Waals surface area contributed by atoms with Gasteiger partial charge in [0.2, 0.25) is 11.8 Å². The molecular weight excluding hydrogens is 395 g/mol. The standard InChI is InChI=1S/C19H17Cl3N2O2/c1-2-11-5-3-4-6-17(11)24-10-12(7-18(24)25)19(26)23-16-9-14(21)13(20)8-15(16)22/h3-6,8-9,12H,2,7,10H2,1H3,(H,23,26). The first-order valence-corrected chi connectivity index (χ1v) is 9.37. The van der Waals surface area contributed by atoms with Crippen LogP contribution in [0.1, 0.15) is 18.9 Å². The van der Waals surface area contributed by atoms with Crippen LogP contribution in [0.3, 0.4) is 0 Å². The van der Waals surface area contributed by atoms with Crippen LogP contribution in [-0.2, 0) is 16.0 Å². The van der Waals surface area contributed by atoms with Crippen molar-refractivity contribution in [3.8, 4) is 0 Å². The van der Waals surface area contributed by atoms with E-state index in [1.807, 2.05) is 31.2 Å². The summed E-state index contributed by atoms with van der Waals surface area (Å²) < 4.78 is 0. The maximum atomic E-state index is 12.6. The molecule has 0 aromatic heterocycles. The number of hydrogen-bond donors (Lipinski definition) is 1. The van der Waals surface area contributed by atoms with Gasteiger partial charge in [-0.15, -0.1) is 0 Å². The number of nitrogens with one attached hydrogen (secondary N) is 1. The van der Waals surface area contributed by atoms with Crippen molar-refractivity contribution in [3.05, 3.63) is 57.0 Å². The van der Waals surface area contributed by atoms with Crippen molar-refractivity contribution in [2.45, 2.75) is 19.8 Å². The molecular formula is C19H17Cl3N2O2. The zero-order valence-corrected chi connectivity index (χ0v) is 16.3. The topological polar surface area (TPSA) is 49.4 Å². The number of para-hydroxylation sites is 1. The van der Waals surface area contributed by atoms with Crippen LogP contribution in [0.4, 0.5) is 11.4 Å². The minimum absolute atomic E-state index is 0.0636. The summed E-state index contributed by atoms with van der Waals surface area (Å²) >= 11 is 18.0. The van der Waals surface area contributed by atoms with E-state index in [1.165, 1.54) is 12.1 Å². The summed E-state index contributed by atoms with van der Waals surface area (Å²) in [5.41, 5.74) is 2.32. The van der Waals surface area contributed by atoms with Crippen LogP contribution in [0.15, 0.2) is 36.4 Å². The van der Waals surface area contributed by atoms with Crippen molar-refractivity contribution in [3.63, 3.8) is 0 Å². The summed E-state index contributed by atoms with van der Waals surface area (Å²) in [5.74, 6) is -0.792. The minimum Gasteiger partial charge on any atom is -0.324 e. The third-order valence-electron chi connectivity index (χ3n) is 4.43. The van der Waals surface area contributed by atoms with E-state index >= 15 is 0 Å². The molecule has 136 valence electrons. The first-order valence-electron chi connectivity index (χ1n) is 8.24. The van der Waals surface area contributed by atoms with Gasteiger partial charge in [0.05, 0.1) is 26.7 Å². The molecule has 7 heteroatoms. The summed E-state index contributed by atoms with van der Waals surface area (Å²) in [6, 6.07) is 10.7. The molecule has 2 aromatic carbocycles. The third-order valence-corrected chi connectivity index (χ3v) is 5.46. The summed E-state index contributed by atoms with van der Waals surface area (Å²) in [5, 5.41) is 3.66. The number of nitrogens with zero attached hydrogens (tertiary/aromatic N) is 1. The molecule has 0 bridgehead atoms. The Balaban J connectivity index is 1.76. The highest BCUT2D eigenvalue weighted by atomic mass is 35.5. The summed E-state index contributed by atoms with van der Waals surface area (Å²) in [6.07, 6.45) is 0.971. The van der Waals surface area contributed by atoms with E-state index in [0.29, 0.717) is 27.3 Å². The average molecular weight is 412 g/mol. The van der Waals surface area contributed by atoms with Crippen molar-refractivity contribution < 1.29 is 9.59 Å². The largest absolute Gasteiger partial charge is 0.324 e. The Morgan fingerprint density at radius 1 is 1.15 bits per heavy atom. The lowest BCUT2D eigenvalue weighted by Gasteiger charge is -2.20. The average Bonchev–Trinajstić information content (AvgIpc) is 3.01. The lowest BCUT2D eigenvalue weighted by Crippen LogP contribution is -2.28. The summed E-state index contributed by atoms with van der Waals surface area (Å²) in [7, 11) is 0. The Labute approximate surface area is 167 Å². The quantitative estimate of drug-likeness (QED) is 0.703. The van der Waals surface area contributed by atoms with Crippen LogP contribution in [0.2, 0.25) is 15.1 Å². The molecule has 3 rings (SSSR count). The molecule has 1 N–H and O–H groups in total. The first kappa shape index (κ1) is 19.0. The summed E-state index contributed by atoms with van der Waals surface area (Å²) in [4.78, 5) is 26.8. The Morgan fingerprint density at radius 2 is 1.85 bits per heavy atom. The maximum absolute atomic E-state index is 12.6. The van der Waals surface area contributed by atoms with E-state index in [0.717, 1.165) is 17.7 Å². The van der Waals surface area contributed by atoms with Crippen LogP contribution >= 0.6 is 34.8 Å². The maximum Gasteiger partial charge on any atom is 0.229 e. The predicted octanol–water partition coefficient (Wildman–Crippen LogP) is 5.20. The molecule has 1 aliphatic rings. The van der Waals surface area contributed by atoms with Crippen LogP contribution in [0.25, 0.3) is 0 Å². The molecule has 0 aliphatic carbocycles. The van der Waals surface area contributed by atoms with Gasteiger partial charge < -0.3 is 10.2 Å². The molecule has 1 saturated heterocycles. The first-order chi connectivity index (χ1) is 12.4. The molecule has 1 heterocycles. The SMILES string of the molecule is CCc1ccccc1N1CC(C(=O)Nc2cc(Cl)c(Cl)cc2Cl)CC1=O. The van der Waals surface area contributed by atoms with E-state index in [-0.39, 0.29) is 18.2 Å². The van der Waals surface area contributed by atoms with Crippen molar-refractivity contribution in [2.75, 3.05) is 16.8 Å². The molecule has 0 saturated carbocycles. The normalized spacial score (nSPS) is 16.8. The highest BCUT2D eigenvalue weighted by Gasteiger charge is 2.36. The van der Waals surface area contributed by atoms with Crippen LogP contribution in [-0.4, -0.2) is 18.4 Å². The van der Waals surface area contributed by atoms with Gasteiger partial charge in [-0.25, -0.2) is 0 Å². The molecule has 1 fully saturated rings. The number of hydrogen-bond acceptors (Lipinski definition) is 2. The monoisotopic (exact) mass is 410 g/mol. The van der Waals surface area contributed by atoms with E-state index in [9.17, 15) is 9.59 Å². The van der Waals surface area contributed by atoms with Gasteiger partial charge in [0.25, 0.3) is 0 Å². The van der Waals surface area contributed by atoms with Crippen molar-refractivity contribution in [1.82, 2.24) is 0 Å². The number of aryl methyl sites for hydroxylation is 1. The van der Waals surface area contributed by atoms with Crippen LogP contribution in [0.5, 0.6) is 0 Å². The van der Waals surface area contributed by atoms with E-state index in [4.69, 9.17) is 34.8 Å². The van der Waals surface area contributed by atoms with Gasteiger partial charge in [0.1, 0.15) is 0 Å². The van der Waals surface area contributed by atoms with Crippen LogP contribution in [0, 0.1) is 5.92 Å². The third kappa shape index (κ3) is 3.83. The lowest BCUT2D eigenvalue weighted by atomic mass is 10.1. The van der Waals surface area contributed by atoms with Gasteiger partial charge in [-0.3, -0.25) is 9.59 Å². The smallest absolute Gasteiger partial charge is 0.229 e. The fourth-order valence-electron chi connectivity index (χ4n) is 3.04. The Bertz CT molecular complexity index is 870. The molecule has 0 radical (unpaired) electrons. The van der Waals surface area contributed by atoms with E-state index in [1.54, 1.807) is 4.90 Å². The Hall–Kier alpha value is -1.75. The van der Waals surface area contributed by atoms with Gasteiger partial charge in [0, 0.05) is 18.7 Å². The van der Waals surface area contributed by atoms with Crippen molar-refractivity contribution in [2.24, 2.45) is 5.92 Å².